The zero-order chi connectivity index (χ0) is 32.6. The monoisotopic (exact) mass is 623 g/mol. The highest BCUT2D eigenvalue weighted by molar-refractivity contribution is 6.12. The van der Waals surface area contributed by atoms with Crippen molar-refractivity contribution in [2.75, 3.05) is 13.7 Å². The maximum absolute atomic E-state index is 16.6. The first-order valence-electron chi connectivity index (χ1n) is 14.9. The summed E-state index contributed by atoms with van der Waals surface area (Å²) in [6, 6.07) is 17.3. The fraction of sp³-hybridized carbons (Fsp3) is 0.222. The van der Waals surface area contributed by atoms with Crippen molar-refractivity contribution in [3.8, 4) is 28.2 Å². The summed E-state index contributed by atoms with van der Waals surface area (Å²) in [7, 11) is 1.42. The third-order valence-electron chi connectivity index (χ3n) is 8.44. The molecule has 10 heteroatoms. The lowest BCUT2D eigenvalue weighted by molar-refractivity contribution is -0.118. The molecule has 234 valence electrons. The fourth-order valence-electron chi connectivity index (χ4n) is 5.83. The Bertz CT molecular complexity index is 1980. The summed E-state index contributed by atoms with van der Waals surface area (Å²) in [4.78, 5) is 42.9. The average Bonchev–Trinajstić information content (AvgIpc) is 3.72. The van der Waals surface area contributed by atoms with Crippen molar-refractivity contribution in [3.63, 3.8) is 0 Å². The van der Waals surface area contributed by atoms with Gasteiger partial charge in [-0.1, -0.05) is 6.07 Å². The molecule has 1 aliphatic carbocycles. The number of pyridine rings is 1. The Morgan fingerprint density at radius 3 is 2.43 bits per heavy atom. The second kappa shape index (κ2) is 12.2. The number of rotatable bonds is 11. The maximum atomic E-state index is 16.6. The molecule has 0 radical (unpaired) electrons. The second-order valence-corrected chi connectivity index (χ2v) is 11.5. The topological polar surface area (TPSA) is 125 Å². The number of carbonyl (C=O) groups is 3. The van der Waals surface area contributed by atoms with Gasteiger partial charge in [0.2, 0.25) is 5.91 Å². The van der Waals surface area contributed by atoms with Crippen LogP contribution < -0.4 is 15.8 Å². The zero-order valence-electron chi connectivity index (χ0n) is 25.3. The van der Waals surface area contributed by atoms with Crippen molar-refractivity contribution in [3.05, 3.63) is 107 Å². The standard InChI is InChI=1S/C36H31F2N3O5/c1-20-17-28(45-16-12-30(39)43)25(26(42)19-36(13-14-36)29-5-3-4-15-41-29)18-24(20)23-10-11-27-31(33(23)38)32(35(44)40-2)34(46-27)21-6-8-22(37)9-7-21/h3-11,15,17-18H,12-14,16,19H2,1-2H3,(H2,39,43)(H,40,44). The number of carbonyl (C=O) groups excluding carboxylic acids is 3. The number of aryl methyl sites for hydroxylation is 1. The van der Waals surface area contributed by atoms with Gasteiger partial charge in [-0.15, -0.1) is 0 Å². The summed E-state index contributed by atoms with van der Waals surface area (Å²) in [5.74, 6) is -2.17. The first kappa shape index (κ1) is 30.6. The Balaban J connectivity index is 1.47. The number of amides is 2. The maximum Gasteiger partial charge on any atom is 0.255 e. The lowest BCUT2D eigenvalue weighted by atomic mass is 9.89. The number of hydrogen-bond acceptors (Lipinski definition) is 6. The van der Waals surface area contributed by atoms with Gasteiger partial charge in [0.15, 0.2) is 5.78 Å². The van der Waals surface area contributed by atoms with Crippen LogP contribution in [-0.2, 0) is 10.2 Å². The SMILES string of the molecule is CNC(=O)c1c(-c2ccc(F)cc2)oc2ccc(-c3cc(C(=O)CC4(c5ccccn5)CC4)c(OCCC(N)=O)cc3C)c(F)c12. The summed E-state index contributed by atoms with van der Waals surface area (Å²) in [5, 5.41) is 2.50. The summed E-state index contributed by atoms with van der Waals surface area (Å²) in [5.41, 5.74) is 7.64. The van der Waals surface area contributed by atoms with Gasteiger partial charge in [0, 0.05) is 41.9 Å². The van der Waals surface area contributed by atoms with Crippen molar-refractivity contribution in [1.29, 1.82) is 0 Å². The predicted octanol–water partition coefficient (Wildman–Crippen LogP) is 6.67. The van der Waals surface area contributed by atoms with Crippen molar-refractivity contribution >= 4 is 28.6 Å². The van der Waals surface area contributed by atoms with Gasteiger partial charge < -0.3 is 20.2 Å². The smallest absolute Gasteiger partial charge is 0.255 e. The van der Waals surface area contributed by atoms with E-state index in [9.17, 15) is 18.8 Å². The number of aromatic nitrogens is 1. The van der Waals surface area contributed by atoms with Crippen LogP contribution in [0.4, 0.5) is 8.78 Å². The van der Waals surface area contributed by atoms with Crippen LogP contribution in [0.2, 0.25) is 0 Å². The molecule has 46 heavy (non-hydrogen) atoms. The number of ketones is 1. The summed E-state index contributed by atoms with van der Waals surface area (Å²) >= 11 is 0. The van der Waals surface area contributed by atoms with Gasteiger partial charge in [0.05, 0.1) is 29.5 Å². The molecule has 0 atom stereocenters. The van der Waals surface area contributed by atoms with Crippen LogP contribution in [0.1, 0.15) is 57.7 Å². The average molecular weight is 624 g/mol. The Hall–Kier alpha value is -5.38. The molecule has 2 aromatic heterocycles. The van der Waals surface area contributed by atoms with E-state index in [4.69, 9.17) is 14.9 Å². The number of hydrogen-bond donors (Lipinski definition) is 2. The molecule has 5 aromatic rings. The number of halogens is 2. The van der Waals surface area contributed by atoms with Crippen LogP contribution in [0.3, 0.4) is 0 Å². The quantitative estimate of drug-likeness (QED) is 0.159. The van der Waals surface area contributed by atoms with Gasteiger partial charge in [-0.25, -0.2) is 8.78 Å². The highest BCUT2D eigenvalue weighted by Gasteiger charge is 2.47. The summed E-state index contributed by atoms with van der Waals surface area (Å²) < 4.78 is 42.1. The fourth-order valence-corrected chi connectivity index (χ4v) is 5.83. The van der Waals surface area contributed by atoms with E-state index in [-0.39, 0.29) is 64.4 Å². The van der Waals surface area contributed by atoms with Crippen LogP contribution in [0, 0.1) is 18.6 Å². The van der Waals surface area contributed by atoms with E-state index in [0.29, 0.717) is 16.7 Å². The Morgan fingerprint density at radius 2 is 1.78 bits per heavy atom. The van der Waals surface area contributed by atoms with Crippen molar-refractivity contribution in [2.24, 2.45) is 5.73 Å². The van der Waals surface area contributed by atoms with Gasteiger partial charge in [0.1, 0.15) is 28.7 Å². The summed E-state index contributed by atoms with van der Waals surface area (Å²) in [6.45, 7) is 1.72. The first-order chi connectivity index (χ1) is 22.1. The number of nitrogens with one attached hydrogen (secondary N) is 1. The van der Waals surface area contributed by atoms with Gasteiger partial charge in [-0.2, -0.15) is 0 Å². The van der Waals surface area contributed by atoms with Crippen LogP contribution in [0.25, 0.3) is 33.4 Å². The first-order valence-corrected chi connectivity index (χ1v) is 14.9. The molecule has 2 amide bonds. The third kappa shape index (κ3) is 5.74. The minimum Gasteiger partial charge on any atom is -0.492 e. The van der Waals surface area contributed by atoms with Crippen molar-refractivity contribution in [1.82, 2.24) is 10.3 Å². The molecule has 1 saturated carbocycles. The Kier molecular flexibility index (Phi) is 8.12. The number of furan rings is 1. The number of Topliss-reactive ketones (excluding diaryl/α,β-unsaturated/α-hetero) is 1. The number of ether oxygens (including phenoxy) is 1. The minimum atomic E-state index is -0.718. The van der Waals surface area contributed by atoms with Gasteiger partial charge in [-0.3, -0.25) is 19.4 Å². The molecule has 8 nitrogen and oxygen atoms in total. The Morgan fingerprint density at radius 1 is 1.02 bits per heavy atom. The molecule has 0 saturated heterocycles. The van der Waals surface area contributed by atoms with E-state index in [1.165, 1.54) is 37.4 Å². The predicted molar refractivity (Wildman–Crippen MR) is 169 cm³/mol. The van der Waals surface area contributed by atoms with Crippen molar-refractivity contribution in [2.45, 2.75) is 38.0 Å². The van der Waals surface area contributed by atoms with E-state index in [1.807, 2.05) is 18.2 Å². The summed E-state index contributed by atoms with van der Waals surface area (Å²) in [6.07, 6.45) is 3.43. The minimum absolute atomic E-state index is 0.0310. The number of nitrogens with two attached hydrogens (primary N) is 1. The molecular formula is C36H31F2N3O5. The van der Waals surface area contributed by atoms with E-state index >= 15 is 4.39 Å². The van der Waals surface area contributed by atoms with Crippen LogP contribution in [0.5, 0.6) is 5.75 Å². The lowest BCUT2D eigenvalue weighted by Gasteiger charge is -2.18. The number of fused-ring (bicyclic) bond motifs is 1. The Labute approximate surface area is 263 Å². The van der Waals surface area contributed by atoms with Crippen LogP contribution in [0.15, 0.2) is 77.3 Å². The van der Waals surface area contributed by atoms with E-state index in [0.717, 1.165) is 18.5 Å². The molecule has 6 rings (SSSR count). The van der Waals surface area contributed by atoms with E-state index in [2.05, 4.69) is 10.3 Å². The third-order valence-corrected chi connectivity index (χ3v) is 8.44. The molecule has 2 heterocycles. The molecule has 0 aliphatic heterocycles. The molecular weight excluding hydrogens is 592 g/mol. The molecule has 0 unspecified atom stereocenters. The van der Waals surface area contributed by atoms with Crippen LogP contribution in [-0.4, -0.2) is 36.2 Å². The molecule has 1 fully saturated rings. The second-order valence-electron chi connectivity index (χ2n) is 11.5. The molecule has 3 N–H and O–H groups in total. The highest BCUT2D eigenvalue weighted by Crippen LogP contribution is 2.51. The van der Waals surface area contributed by atoms with E-state index < -0.39 is 28.9 Å². The molecule has 1 aliphatic rings. The van der Waals surface area contributed by atoms with Crippen molar-refractivity contribution < 1.29 is 32.3 Å². The number of primary amides is 1. The van der Waals surface area contributed by atoms with Gasteiger partial charge in [-0.05, 0) is 91.6 Å². The molecule has 0 spiro atoms. The molecule has 3 aromatic carbocycles. The molecule has 0 bridgehead atoms. The lowest BCUT2D eigenvalue weighted by Crippen LogP contribution is -2.18. The largest absolute Gasteiger partial charge is 0.492 e. The zero-order valence-corrected chi connectivity index (χ0v) is 25.3. The van der Waals surface area contributed by atoms with Gasteiger partial charge >= 0.3 is 0 Å². The number of nitrogens with zero attached hydrogens (tertiary/aromatic N) is 1. The highest BCUT2D eigenvalue weighted by atomic mass is 19.1. The number of benzene rings is 3. The van der Waals surface area contributed by atoms with Gasteiger partial charge in [0.25, 0.3) is 5.91 Å². The normalized spacial score (nSPS) is 13.4. The van der Waals surface area contributed by atoms with Crippen LogP contribution >= 0.6 is 0 Å². The van der Waals surface area contributed by atoms with E-state index in [1.54, 1.807) is 31.3 Å².